The number of benzene rings is 3. The predicted octanol–water partition coefficient (Wildman–Crippen LogP) is 6.55. The van der Waals surface area contributed by atoms with Crippen LogP contribution in [0.15, 0.2) is 84.6 Å². The predicted molar refractivity (Wildman–Crippen MR) is 153 cm³/mol. The second kappa shape index (κ2) is 11.2. The number of nitrogens with one attached hydrogen (secondary N) is 1. The van der Waals surface area contributed by atoms with Gasteiger partial charge in [-0.3, -0.25) is 14.9 Å². The normalized spacial score (nSPS) is 15.6. The van der Waals surface area contributed by atoms with Crippen molar-refractivity contribution >= 4 is 52.1 Å². The number of aromatic nitrogens is 1. The highest BCUT2D eigenvalue weighted by Gasteiger charge is 2.37. The van der Waals surface area contributed by atoms with E-state index in [2.05, 4.69) is 25.2 Å². The Balaban J connectivity index is 1.43. The molecule has 0 radical (unpaired) electrons. The molecule has 0 unspecified atom stereocenters. The van der Waals surface area contributed by atoms with Gasteiger partial charge < -0.3 is 9.30 Å². The molecule has 1 aliphatic rings. The highest BCUT2D eigenvalue weighted by atomic mass is 35.5. The Morgan fingerprint density at radius 3 is 2.46 bits per heavy atom. The van der Waals surface area contributed by atoms with Crippen LogP contribution in [-0.2, 0) is 16.1 Å². The van der Waals surface area contributed by atoms with Gasteiger partial charge in [-0.05, 0) is 60.4 Å². The molecular formula is C31H28ClN3O4. The fourth-order valence-electron chi connectivity index (χ4n) is 4.71. The van der Waals surface area contributed by atoms with E-state index in [1.165, 1.54) is 11.6 Å². The molecule has 7 nitrogen and oxygen atoms in total. The lowest BCUT2D eigenvalue weighted by molar-refractivity contribution is -0.122. The van der Waals surface area contributed by atoms with Crippen LogP contribution in [0.5, 0.6) is 5.75 Å². The van der Waals surface area contributed by atoms with Crippen LogP contribution in [0.4, 0.5) is 10.5 Å². The van der Waals surface area contributed by atoms with Crippen LogP contribution in [0.25, 0.3) is 17.0 Å². The van der Waals surface area contributed by atoms with E-state index in [0.717, 1.165) is 28.0 Å². The summed E-state index contributed by atoms with van der Waals surface area (Å²) in [7, 11) is 0. The Hall–Kier alpha value is -4.36. The summed E-state index contributed by atoms with van der Waals surface area (Å²) in [6.07, 6.45) is 4.45. The SMILES string of the molecule is CC[C@@H](C)c1ccccc1OCCn1cc(/C=C2/C(=O)NC(=O)N(c3ccc(Cl)cc3)C2=O)c2ccccc21. The first-order valence-corrected chi connectivity index (χ1v) is 13.2. The molecule has 4 aromatic rings. The van der Waals surface area contributed by atoms with Crippen LogP contribution in [0.2, 0.25) is 5.02 Å². The fraction of sp³-hybridized carbons (Fsp3) is 0.194. The molecule has 8 heteroatoms. The quantitative estimate of drug-likeness (QED) is 0.202. The molecule has 0 bridgehead atoms. The van der Waals surface area contributed by atoms with Gasteiger partial charge in [-0.2, -0.15) is 0 Å². The van der Waals surface area contributed by atoms with Gasteiger partial charge in [-0.15, -0.1) is 0 Å². The van der Waals surface area contributed by atoms with Gasteiger partial charge in [0, 0.05) is 27.7 Å². The van der Waals surface area contributed by atoms with Crippen molar-refractivity contribution in [2.75, 3.05) is 11.5 Å². The van der Waals surface area contributed by atoms with Gasteiger partial charge in [0.05, 0.1) is 12.2 Å². The standard InChI is InChI=1S/C31H28ClN3O4/c1-3-20(2)24-8-5-7-11-28(24)39-17-16-34-19-21(25-9-4-6-10-27(25)34)18-26-29(36)33-31(38)35(30(26)37)23-14-12-22(32)13-15-23/h4-15,18-20H,3,16-17H2,1-2H3,(H,33,36,38)/b26-18-/t20-/m1/s1. The molecule has 3 aromatic carbocycles. The number of urea groups is 1. The number of amides is 4. The number of hydrogen-bond donors (Lipinski definition) is 1. The molecule has 0 aliphatic carbocycles. The van der Waals surface area contributed by atoms with E-state index in [-0.39, 0.29) is 5.57 Å². The van der Waals surface area contributed by atoms with E-state index in [0.29, 0.717) is 35.3 Å². The number of ether oxygens (including phenoxy) is 1. The fourth-order valence-corrected chi connectivity index (χ4v) is 4.83. The van der Waals surface area contributed by atoms with Gasteiger partial charge in [0.25, 0.3) is 11.8 Å². The summed E-state index contributed by atoms with van der Waals surface area (Å²) in [5.74, 6) is -0.169. The molecule has 198 valence electrons. The molecule has 5 rings (SSSR count). The first-order valence-electron chi connectivity index (χ1n) is 12.8. The number of nitrogens with zero attached hydrogens (tertiary/aromatic N) is 2. The molecule has 1 N–H and O–H groups in total. The number of fused-ring (bicyclic) bond motifs is 1. The van der Waals surface area contributed by atoms with Gasteiger partial charge in [0.1, 0.15) is 17.9 Å². The van der Waals surface area contributed by atoms with Gasteiger partial charge in [-0.1, -0.05) is 61.8 Å². The Kier molecular flexibility index (Phi) is 7.52. The Morgan fingerprint density at radius 1 is 0.974 bits per heavy atom. The minimum atomic E-state index is -0.804. The molecule has 1 aliphatic heterocycles. The van der Waals surface area contributed by atoms with E-state index in [1.807, 2.05) is 53.2 Å². The Morgan fingerprint density at radius 2 is 1.69 bits per heavy atom. The third-order valence-corrected chi connectivity index (χ3v) is 7.21. The van der Waals surface area contributed by atoms with E-state index in [9.17, 15) is 14.4 Å². The van der Waals surface area contributed by atoms with Crippen LogP contribution < -0.4 is 15.0 Å². The number of halogens is 1. The van der Waals surface area contributed by atoms with Crippen molar-refractivity contribution in [3.63, 3.8) is 0 Å². The minimum absolute atomic E-state index is 0.133. The van der Waals surface area contributed by atoms with E-state index < -0.39 is 17.8 Å². The largest absolute Gasteiger partial charge is 0.491 e. The number of para-hydroxylation sites is 2. The summed E-state index contributed by atoms with van der Waals surface area (Å²) in [6.45, 7) is 5.35. The lowest BCUT2D eigenvalue weighted by Crippen LogP contribution is -2.54. The summed E-state index contributed by atoms with van der Waals surface area (Å²) >= 11 is 5.96. The number of barbiturate groups is 1. The lowest BCUT2D eigenvalue weighted by Gasteiger charge is -2.26. The Labute approximate surface area is 231 Å². The van der Waals surface area contributed by atoms with Crippen molar-refractivity contribution in [2.45, 2.75) is 32.7 Å². The lowest BCUT2D eigenvalue weighted by atomic mass is 9.98. The molecule has 1 atom stereocenters. The number of hydrogen-bond acceptors (Lipinski definition) is 4. The number of imide groups is 2. The van der Waals surface area contributed by atoms with Crippen LogP contribution in [0.1, 0.15) is 37.3 Å². The average Bonchev–Trinajstić information content (AvgIpc) is 3.29. The van der Waals surface area contributed by atoms with E-state index >= 15 is 0 Å². The summed E-state index contributed by atoms with van der Waals surface area (Å²) < 4.78 is 8.22. The van der Waals surface area contributed by atoms with E-state index in [1.54, 1.807) is 24.3 Å². The monoisotopic (exact) mass is 541 g/mol. The third kappa shape index (κ3) is 5.31. The molecular weight excluding hydrogens is 514 g/mol. The Bertz CT molecular complexity index is 1590. The van der Waals surface area contributed by atoms with Crippen LogP contribution in [-0.4, -0.2) is 29.0 Å². The molecule has 2 heterocycles. The minimum Gasteiger partial charge on any atom is -0.491 e. The number of anilines is 1. The van der Waals surface area contributed by atoms with Crippen LogP contribution >= 0.6 is 11.6 Å². The topological polar surface area (TPSA) is 80.6 Å². The summed E-state index contributed by atoms with van der Waals surface area (Å²) in [5.41, 5.74) is 3.00. The highest BCUT2D eigenvalue weighted by Crippen LogP contribution is 2.30. The van der Waals surface area contributed by atoms with Crippen molar-refractivity contribution in [3.05, 3.63) is 101 Å². The van der Waals surface area contributed by atoms with Crippen molar-refractivity contribution in [2.24, 2.45) is 0 Å². The number of rotatable bonds is 8. The summed E-state index contributed by atoms with van der Waals surface area (Å²) in [5, 5.41) is 3.61. The molecule has 1 saturated heterocycles. The summed E-state index contributed by atoms with van der Waals surface area (Å²) in [4.78, 5) is 39.5. The van der Waals surface area contributed by atoms with Crippen molar-refractivity contribution < 1.29 is 19.1 Å². The molecule has 1 aromatic heterocycles. The van der Waals surface area contributed by atoms with Crippen molar-refractivity contribution in [3.8, 4) is 5.75 Å². The first-order chi connectivity index (χ1) is 18.9. The highest BCUT2D eigenvalue weighted by molar-refractivity contribution is 6.39. The second-order valence-electron chi connectivity index (χ2n) is 9.42. The molecule has 0 saturated carbocycles. The third-order valence-electron chi connectivity index (χ3n) is 6.96. The van der Waals surface area contributed by atoms with Crippen molar-refractivity contribution in [1.82, 2.24) is 9.88 Å². The van der Waals surface area contributed by atoms with Crippen LogP contribution in [0, 0.1) is 0 Å². The van der Waals surface area contributed by atoms with Gasteiger partial charge >= 0.3 is 6.03 Å². The zero-order valence-electron chi connectivity index (χ0n) is 21.7. The zero-order chi connectivity index (χ0) is 27.5. The van der Waals surface area contributed by atoms with Gasteiger partial charge in [0.2, 0.25) is 0 Å². The number of carbonyl (C=O) groups is 3. The average molecular weight is 542 g/mol. The molecule has 1 fully saturated rings. The first kappa shape index (κ1) is 26.3. The number of carbonyl (C=O) groups excluding carboxylic acids is 3. The molecule has 4 amide bonds. The summed E-state index contributed by atoms with van der Waals surface area (Å²) in [6, 6.07) is 21.3. The van der Waals surface area contributed by atoms with Crippen LogP contribution in [0.3, 0.4) is 0 Å². The van der Waals surface area contributed by atoms with Gasteiger partial charge in [0.15, 0.2) is 0 Å². The maximum absolute atomic E-state index is 13.3. The van der Waals surface area contributed by atoms with Gasteiger partial charge in [-0.25, -0.2) is 9.69 Å². The second-order valence-corrected chi connectivity index (χ2v) is 9.86. The zero-order valence-corrected chi connectivity index (χ0v) is 22.4. The molecule has 39 heavy (non-hydrogen) atoms. The molecule has 0 spiro atoms. The van der Waals surface area contributed by atoms with Crippen molar-refractivity contribution in [1.29, 1.82) is 0 Å². The maximum atomic E-state index is 13.3. The smallest absolute Gasteiger partial charge is 0.335 e. The maximum Gasteiger partial charge on any atom is 0.335 e. The van der Waals surface area contributed by atoms with E-state index in [4.69, 9.17) is 16.3 Å².